The average molecular weight is 394 g/mol. The topological polar surface area (TPSA) is 88.1 Å². The lowest BCUT2D eigenvalue weighted by atomic mass is 9.90. The maximum atomic E-state index is 11.2. The SMILES string of the molecule is [C-]#[N+]c1c(C#N)c(-c2cccc(C=O)c2)c2nsnc2c1-c1cccc(C=O)c1. The zero-order chi connectivity index (χ0) is 20.4. The standard InChI is InChI=1S/C22H10N4O2S/c1-24-20-17(10-23)18(15-6-2-4-13(8-15)11-27)21-22(26-29-25-21)19(20)16-7-3-5-14(9-16)12-28/h2-9,11-12H. The van der Waals surface area contributed by atoms with E-state index < -0.39 is 0 Å². The molecule has 0 saturated heterocycles. The van der Waals surface area contributed by atoms with Crippen LogP contribution in [0.3, 0.4) is 0 Å². The van der Waals surface area contributed by atoms with Crippen molar-refractivity contribution in [1.82, 2.24) is 8.75 Å². The molecule has 6 nitrogen and oxygen atoms in total. The summed E-state index contributed by atoms with van der Waals surface area (Å²) < 4.78 is 8.77. The summed E-state index contributed by atoms with van der Waals surface area (Å²) in [5.74, 6) is 0. The third-order valence-electron chi connectivity index (χ3n) is 4.53. The molecule has 0 aliphatic carbocycles. The normalized spacial score (nSPS) is 10.3. The Morgan fingerprint density at radius 1 is 0.931 bits per heavy atom. The first-order valence-corrected chi connectivity index (χ1v) is 9.15. The lowest BCUT2D eigenvalue weighted by Crippen LogP contribution is -1.94. The third-order valence-corrected chi connectivity index (χ3v) is 5.06. The van der Waals surface area contributed by atoms with Crippen LogP contribution in [-0.4, -0.2) is 21.3 Å². The number of carbonyl (C=O) groups is 2. The van der Waals surface area contributed by atoms with Crippen LogP contribution in [0.5, 0.6) is 0 Å². The highest BCUT2D eigenvalue weighted by Crippen LogP contribution is 2.45. The Bertz CT molecular complexity index is 1270. The molecule has 4 aromatic rings. The van der Waals surface area contributed by atoms with E-state index in [0.29, 0.717) is 44.4 Å². The zero-order valence-electron chi connectivity index (χ0n) is 14.8. The number of aldehydes is 2. The van der Waals surface area contributed by atoms with Crippen LogP contribution in [0.25, 0.3) is 38.1 Å². The Balaban J connectivity index is 2.15. The average Bonchev–Trinajstić information content (AvgIpc) is 3.26. The molecule has 0 N–H and O–H groups in total. The van der Waals surface area contributed by atoms with Crippen LogP contribution in [-0.2, 0) is 0 Å². The molecule has 0 atom stereocenters. The molecule has 0 amide bonds. The second-order valence-corrected chi connectivity index (χ2v) is 6.67. The highest BCUT2D eigenvalue weighted by molar-refractivity contribution is 7.00. The van der Waals surface area contributed by atoms with Crippen LogP contribution in [0.15, 0.2) is 48.5 Å². The van der Waals surface area contributed by atoms with E-state index in [0.717, 1.165) is 24.3 Å². The van der Waals surface area contributed by atoms with Gasteiger partial charge in [0.25, 0.3) is 0 Å². The summed E-state index contributed by atoms with van der Waals surface area (Å²) in [7, 11) is 0. The van der Waals surface area contributed by atoms with E-state index in [9.17, 15) is 14.9 Å². The monoisotopic (exact) mass is 394 g/mol. The van der Waals surface area contributed by atoms with Gasteiger partial charge in [-0.3, -0.25) is 9.59 Å². The van der Waals surface area contributed by atoms with E-state index in [1.807, 2.05) is 0 Å². The van der Waals surface area contributed by atoms with Gasteiger partial charge in [-0.25, -0.2) is 4.85 Å². The Hall–Kier alpha value is -4.20. The van der Waals surface area contributed by atoms with Crippen molar-refractivity contribution in [3.63, 3.8) is 0 Å². The van der Waals surface area contributed by atoms with E-state index in [2.05, 4.69) is 19.7 Å². The van der Waals surface area contributed by atoms with Crippen LogP contribution in [0.4, 0.5) is 5.69 Å². The van der Waals surface area contributed by atoms with Gasteiger partial charge in [-0.2, -0.15) is 14.0 Å². The fourth-order valence-corrected chi connectivity index (χ4v) is 3.86. The predicted octanol–water partition coefficient (Wildman–Crippen LogP) is 5.07. The highest BCUT2D eigenvalue weighted by atomic mass is 32.1. The predicted molar refractivity (Wildman–Crippen MR) is 110 cm³/mol. The van der Waals surface area contributed by atoms with Gasteiger partial charge >= 0.3 is 0 Å². The molecule has 0 aliphatic heterocycles. The Morgan fingerprint density at radius 2 is 1.48 bits per heavy atom. The molecular formula is C22H10N4O2S. The van der Waals surface area contributed by atoms with E-state index in [-0.39, 0.29) is 11.3 Å². The number of nitriles is 1. The van der Waals surface area contributed by atoms with Gasteiger partial charge < -0.3 is 0 Å². The lowest BCUT2D eigenvalue weighted by molar-refractivity contribution is 0.111. The van der Waals surface area contributed by atoms with Crippen molar-refractivity contribution >= 4 is 41.0 Å². The Morgan fingerprint density at radius 3 is 2.00 bits per heavy atom. The van der Waals surface area contributed by atoms with Gasteiger partial charge in [-0.1, -0.05) is 36.4 Å². The molecule has 0 saturated carbocycles. The molecule has 7 heteroatoms. The fourth-order valence-electron chi connectivity index (χ4n) is 3.30. The van der Waals surface area contributed by atoms with Gasteiger partial charge in [-0.05, 0) is 23.3 Å². The van der Waals surface area contributed by atoms with Crippen molar-refractivity contribution in [2.24, 2.45) is 0 Å². The van der Waals surface area contributed by atoms with Crippen molar-refractivity contribution in [3.8, 4) is 28.3 Å². The van der Waals surface area contributed by atoms with Gasteiger partial charge in [-0.15, -0.1) is 0 Å². The van der Waals surface area contributed by atoms with Crippen LogP contribution in [0, 0.1) is 17.9 Å². The first-order chi connectivity index (χ1) is 14.2. The third kappa shape index (κ3) is 2.96. The molecule has 1 aromatic heterocycles. The molecule has 0 radical (unpaired) electrons. The molecule has 0 fully saturated rings. The largest absolute Gasteiger partial charge is 0.298 e. The molecule has 136 valence electrons. The number of nitrogens with zero attached hydrogens (tertiary/aromatic N) is 4. The summed E-state index contributed by atoms with van der Waals surface area (Å²) in [6.07, 6.45) is 1.45. The molecule has 0 bridgehead atoms. The van der Waals surface area contributed by atoms with Crippen LogP contribution in [0.1, 0.15) is 26.3 Å². The molecule has 0 unspecified atom stereocenters. The first kappa shape index (κ1) is 18.2. The van der Waals surface area contributed by atoms with Crippen LogP contribution in [0.2, 0.25) is 0 Å². The maximum absolute atomic E-state index is 11.2. The number of fused-ring (bicyclic) bond motifs is 1. The van der Waals surface area contributed by atoms with Crippen LogP contribution >= 0.6 is 11.7 Å². The van der Waals surface area contributed by atoms with Gasteiger partial charge in [0, 0.05) is 22.3 Å². The minimum absolute atomic E-state index is 0.141. The number of hydrogen-bond donors (Lipinski definition) is 0. The minimum Gasteiger partial charge on any atom is -0.298 e. The van der Waals surface area contributed by atoms with Crippen molar-refractivity contribution < 1.29 is 9.59 Å². The second kappa shape index (κ2) is 7.43. The minimum atomic E-state index is 0.141. The summed E-state index contributed by atoms with van der Waals surface area (Å²) in [5, 5.41) is 9.92. The smallest absolute Gasteiger partial charge is 0.215 e. The van der Waals surface area contributed by atoms with Crippen molar-refractivity contribution in [3.05, 3.63) is 76.6 Å². The van der Waals surface area contributed by atoms with Gasteiger partial charge in [0.1, 0.15) is 23.6 Å². The number of carbonyl (C=O) groups excluding carboxylic acids is 2. The number of aromatic nitrogens is 2. The number of hydrogen-bond acceptors (Lipinski definition) is 6. The molecule has 29 heavy (non-hydrogen) atoms. The molecule has 4 rings (SSSR count). The van der Waals surface area contributed by atoms with Crippen LogP contribution < -0.4 is 0 Å². The summed E-state index contributed by atoms with van der Waals surface area (Å²) >= 11 is 0.977. The summed E-state index contributed by atoms with van der Waals surface area (Å²) in [4.78, 5) is 26.1. The quantitative estimate of drug-likeness (QED) is 0.356. The summed E-state index contributed by atoms with van der Waals surface area (Å²) in [6, 6.07) is 15.7. The van der Waals surface area contributed by atoms with E-state index in [1.165, 1.54) is 0 Å². The molecule has 3 aromatic carbocycles. The zero-order valence-corrected chi connectivity index (χ0v) is 15.6. The maximum Gasteiger partial charge on any atom is 0.215 e. The van der Waals surface area contributed by atoms with Crippen molar-refractivity contribution in [2.75, 3.05) is 0 Å². The Kier molecular flexibility index (Phi) is 4.66. The van der Waals surface area contributed by atoms with E-state index in [1.54, 1.807) is 48.5 Å². The van der Waals surface area contributed by atoms with E-state index >= 15 is 0 Å². The van der Waals surface area contributed by atoms with Crippen molar-refractivity contribution in [2.45, 2.75) is 0 Å². The fraction of sp³-hybridized carbons (Fsp3) is 0. The molecular weight excluding hydrogens is 384 g/mol. The van der Waals surface area contributed by atoms with Gasteiger partial charge in [0.05, 0.1) is 29.9 Å². The highest BCUT2D eigenvalue weighted by Gasteiger charge is 2.24. The van der Waals surface area contributed by atoms with Crippen molar-refractivity contribution in [1.29, 1.82) is 5.26 Å². The van der Waals surface area contributed by atoms with Gasteiger partial charge in [0.15, 0.2) is 0 Å². The molecule has 0 spiro atoms. The number of rotatable bonds is 4. The lowest BCUT2D eigenvalue weighted by Gasteiger charge is -2.13. The number of benzene rings is 3. The summed E-state index contributed by atoms with van der Waals surface area (Å²) in [6.45, 7) is 7.75. The molecule has 1 heterocycles. The second-order valence-electron chi connectivity index (χ2n) is 6.15. The van der Waals surface area contributed by atoms with E-state index in [4.69, 9.17) is 6.57 Å². The Labute approximate surface area is 169 Å². The van der Waals surface area contributed by atoms with Gasteiger partial charge in [0.2, 0.25) is 5.69 Å². The summed E-state index contributed by atoms with van der Waals surface area (Å²) in [5.41, 5.74) is 4.34. The molecule has 0 aliphatic rings. The first-order valence-electron chi connectivity index (χ1n) is 8.42.